The summed E-state index contributed by atoms with van der Waals surface area (Å²) in [6, 6.07) is 13.3. The third kappa shape index (κ3) is 5.23. The van der Waals surface area contributed by atoms with Crippen LogP contribution >= 0.6 is 0 Å². The van der Waals surface area contributed by atoms with Crippen LogP contribution in [0.15, 0.2) is 58.4 Å². The first-order chi connectivity index (χ1) is 9.86. The van der Waals surface area contributed by atoms with Gasteiger partial charge in [-0.1, -0.05) is 12.1 Å². The van der Waals surface area contributed by atoms with Crippen LogP contribution in [-0.4, -0.2) is 33.3 Å². The van der Waals surface area contributed by atoms with Crippen LogP contribution in [0.1, 0.15) is 5.56 Å². The minimum absolute atomic E-state index is 0. The molecule has 7 heteroatoms. The molecule has 0 saturated carbocycles. The summed E-state index contributed by atoms with van der Waals surface area (Å²) >= 11 is 0. The average Bonchev–Trinajstić information content (AvgIpc) is 2.45. The molecule has 0 heterocycles. The van der Waals surface area contributed by atoms with Crippen molar-refractivity contribution in [2.45, 2.75) is 4.90 Å². The van der Waals surface area contributed by atoms with Crippen molar-refractivity contribution in [3.05, 3.63) is 54.1 Å². The van der Waals surface area contributed by atoms with Crippen molar-refractivity contribution in [1.29, 1.82) is 0 Å². The SMILES string of the molecule is CN(C)c1ccc(C=Nc2ccc(S(=O)(=O)[O-])cc2)cc1.[Na+]. The molecule has 0 unspecified atom stereocenters. The van der Waals surface area contributed by atoms with E-state index in [1.54, 1.807) is 6.21 Å². The van der Waals surface area contributed by atoms with Gasteiger partial charge in [-0.2, -0.15) is 0 Å². The van der Waals surface area contributed by atoms with Crippen LogP contribution in [0.4, 0.5) is 11.4 Å². The van der Waals surface area contributed by atoms with Gasteiger partial charge in [0.2, 0.25) is 0 Å². The summed E-state index contributed by atoms with van der Waals surface area (Å²) in [6.45, 7) is 0. The molecule has 0 N–H and O–H groups in total. The Balaban J connectivity index is 0.00000242. The predicted molar refractivity (Wildman–Crippen MR) is 82.4 cm³/mol. The molecule has 110 valence electrons. The van der Waals surface area contributed by atoms with Crippen LogP contribution in [-0.2, 0) is 10.1 Å². The molecule has 0 spiro atoms. The summed E-state index contributed by atoms with van der Waals surface area (Å²) in [5.41, 5.74) is 2.61. The zero-order valence-corrected chi connectivity index (χ0v) is 15.5. The summed E-state index contributed by atoms with van der Waals surface area (Å²) < 4.78 is 32.4. The van der Waals surface area contributed by atoms with Crippen molar-refractivity contribution in [3.8, 4) is 0 Å². The number of anilines is 1. The van der Waals surface area contributed by atoms with E-state index in [4.69, 9.17) is 0 Å². The predicted octanol–water partition coefficient (Wildman–Crippen LogP) is -0.589. The molecule has 0 aromatic heterocycles. The summed E-state index contributed by atoms with van der Waals surface area (Å²) in [4.78, 5) is 5.99. The molecule has 2 rings (SSSR count). The Morgan fingerprint density at radius 3 is 2.00 bits per heavy atom. The Hall–Kier alpha value is -1.18. The number of hydrogen-bond donors (Lipinski definition) is 0. The molecule has 0 atom stereocenters. The number of nitrogens with zero attached hydrogens (tertiary/aromatic N) is 2. The van der Waals surface area contributed by atoms with Crippen LogP contribution in [0.3, 0.4) is 0 Å². The van der Waals surface area contributed by atoms with Crippen molar-refractivity contribution >= 4 is 27.7 Å². The fourth-order valence-corrected chi connectivity index (χ4v) is 2.18. The third-order valence-corrected chi connectivity index (χ3v) is 3.75. The van der Waals surface area contributed by atoms with E-state index in [0.717, 1.165) is 11.3 Å². The Labute approximate surface area is 152 Å². The van der Waals surface area contributed by atoms with Gasteiger partial charge in [0, 0.05) is 26.0 Å². The van der Waals surface area contributed by atoms with Gasteiger partial charge in [0.25, 0.3) is 0 Å². The third-order valence-electron chi connectivity index (χ3n) is 2.90. The number of hydrogen-bond acceptors (Lipinski definition) is 5. The number of rotatable bonds is 4. The van der Waals surface area contributed by atoms with E-state index in [9.17, 15) is 13.0 Å². The minimum Gasteiger partial charge on any atom is -0.744 e. The summed E-state index contributed by atoms with van der Waals surface area (Å²) in [6.07, 6.45) is 1.68. The quantitative estimate of drug-likeness (QED) is 0.428. The summed E-state index contributed by atoms with van der Waals surface area (Å²) in [5, 5.41) is 0. The molecule has 0 aliphatic heterocycles. The monoisotopic (exact) mass is 326 g/mol. The number of aliphatic imine (C=N–C) groups is 1. The first-order valence-electron chi connectivity index (χ1n) is 6.24. The molecule has 0 bridgehead atoms. The Morgan fingerprint density at radius 1 is 1.00 bits per heavy atom. The normalized spacial score (nSPS) is 11.2. The van der Waals surface area contributed by atoms with Gasteiger partial charge in [0.05, 0.1) is 10.6 Å². The van der Waals surface area contributed by atoms with Crippen LogP contribution < -0.4 is 34.5 Å². The van der Waals surface area contributed by atoms with Crippen molar-refractivity contribution in [1.82, 2.24) is 0 Å². The van der Waals surface area contributed by atoms with Gasteiger partial charge < -0.3 is 9.45 Å². The topological polar surface area (TPSA) is 72.8 Å². The first-order valence-corrected chi connectivity index (χ1v) is 7.64. The van der Waals surface area contributed by atoms with Gasteiger partial charge in [0.15, 0.2) is 0 Å². The van der Waals surface area contributed by atoms with Crippen LogP contribution in [0.2, 0.25) is 0 Å². The molecule has 5 nitrogen and oxygen atoms in total. The Bertz CT molecular complexity index is 739. The molecule has 0 aliphatic carbocycles. The van der Waals surface area contributed by atoms with Gasteiger partial charge in [-0.15, -0.1) is 0 Å². The second kappa shape index (κ2) is 7.89. The summed E-state index contributed by atoms with van der Waals surface area (Å²) in [7, 11) is -0.472. The molecule has 0 radical (unpaired) electrons. The zero-order chi connectivity index (χ0) is 15.5. The smallest absolute Gasteiger partial charge is 0.744 e. The largest absolute Gasteiger partial charge is 1.00 e. The van der Waals surface area contributed by atoms with Crippen LogP contribution in [0.5, 0.6) is 0 Å². The van der Waals surface area contributed by atoms with E-state index < -0.39 is 10.1 Å². The van der Waals surface area contributed by atoms with E-state index in [2.05, 4.69) is 4.99 Å². The van der Waals surface area contributed by atoms with Crippen molar-refractivity contribution in [3.63, 3.8) is 0 Å². The fraction of sp³-hybridized carbons (Fsp3) is 0.133. The maximum atomic E-state index is 10.8. The van der Waals surface area contributed by atoms with Crippen LogP contribution in [0, 0.1) is 0 Å². The van der Waals surface area contributed by atoms with Gasteiger partial charge in [0.1, 0.15) is 10.1 Å². The van der Waals surface area contributed by atoms with Gasteiger partial charge in [-0.25, -0.2) is 8.42 Å². The minimum atomic E-state index is -4.41. The van der Waals surface area contributed by atoms with Gasteiger partial charge in [-0.05, 0) is 42.0 Å². The van der Waals surface area contributed by atoms with E-state index >= 15 is 0 Å². The standard InChI is InChI=1S/C15H16N2O3S.Na/c1-17(2)14-7-3-12(4-8-14)11-16-13-5-9-15(10-6-13)21(18,19)20;/h3-11H,1-2H3,(H,18,19,20);/q;+1/p-1. The molecule has 2 aromatic rings. The molecular weight excluding hydrogens is 311 g/mol. The summed E-state index contributed by atoms with van der Waals surface area (Å²) in [5.74, 6) is 0. The number of benzene rings is 2. The fourth-order valence-electron chi connectivity index (χ4n) is 1.71. The Morgan fingerprint density at radius 2 is 1.55 bits per heavy atom. The van der Waals surface area contributed by atoms with Crippen LogP contribution in [0.25, 0.3) is 0 Å². The van der Waals surface area contributed by atoms with E-state index in [1.807, 2.05) is 43.3 Å². The van der Waals surface area contributed by atoms with E-state index in [1.165, 1.54) is 24.3 Å². The molecular formula is C15H15N2NaO3S. The van der Waals surface area contributed by atoms with Crippen molar-refractivity contribution in [2.24, 2.45) is 4.99 Å². The maximum Gasteiger partial charge on any atom is 1.00 e. The molecule has 2 aromatic carbocycles. The first kappa shape index (κ1) is 18.9. The van der Waals surface area contributed by atoms with Crippen molar-refractivity contribution < 1.29 is 42.5 Å². The molecule has 0 aliphatic rings. The molecule has 0 amide bonds. The second-order valence-corrected chi connectivity index (χ2v) is 6.07. The van der Waals surface area contributed by atoms with E-state index in [0.29, 0.717) is 5.69 Å². The average molecular weight is 326 g/mol. The Kier molecular flexibility index (Phi) is 6.77. The van der Waals surface area contributed by atoms with E-state index in [-0.39, 0.29) is 34.5 Å². The molecule has 0 saturated heterocycles. The van der Waals surface area contributed by atoms with Crippen molar-refractivity contribution in [2.75, 3.05) is 19.0 Å². The van der Waals surface area contributed by atoms with Gasteiger partial charge in [-0.3, -0.25) is 4.99 Å². The molecule has 22 heavy (non-hydrogen) atoms. The maximum absolute atomic E-state index is 10.8. The zero-order valence-electron chi connectivity index (χ0n) is 12.7. The van der Waals surface area contributed by atoms with Gasteiger partial charge >= 0.3 is 29.6 Å². The molecule has 0 fully saturated rings. The second-order valence-electron chi connectivity index (χ2n) is 4.69.